The highest BCUT2D eigenvalue weighted by molar-refractivity contribution is 6.10. The highest BCUT2D eigenvalue weighted by atomic mass is 16.1. The molecule has 5 heteroatoms. The Morgan fingerprint density at radius 2 is 2.21 bits per heavy atom. The lowest BCUT2D eigenvalue weighted by Gasteiger charge is -2.05. The van der Waals surface area contributed by atoms with E-state index in [4.69, 9.17) is 0 Å². The molecule has 0 atom stereocenters. The van der Waals surface area contributed by atoms with Gasteiger partial charge < -0.3 is 10.3 Å². The number of pyridine rings is 2. The summed E-state index contributed by atoms with van der Waals surface area (Å²) in [7, 11) is 0. The summed E-state index contributed by atoms with van der Waals surface area (Å²) in [4.78, 5) is 23.6. The molecule has 5 nitrogen and oxygen atoms in total. The number of rotatable bonds is 2. The van der Waals surface area contributed by atoms with Crippen LogP contribution in [-0.4, -0.2) is 20.9 Å². The molecule has 0 bridgehead atoms. The number of hydrogen-bond acceptors (Lipinski definition) is 3. The molecule has 3 aromatic rings. The first-order chi connectivity index (χ1) is 9.24. The Labute approximate surface area is 109 Å². The molecule has 0 fully saturated rings. The summed E-state index contributed by atoms with van der Waals surface area (Å²) in [6.07, 6.45) is 3.42. The number of nitrogens with zero attached hydrogens (tertiary/aromatic N) is 2. The van der Waals surface area contributed by atoms with Crippen molar-refractivity contribution in [1.82, 2.24) is 15.0 Å². The van der Waals surface area contributed by atoms with Gasteiger partial charge in [0.15, 0.2) is 5.69 Å². The number of carbonyl (C=O) groups excluding carboxylic acids is 1. The van der Waals surface area contributed by atoms with Crippen LogP contribution in [-0.2, 0) is 0 Å². The predicted octanol–water partition coefficient (Wildman–Crippen LogP) is 2.52. The van der Waals surface area contributed by atoms with Crippen molar-refractivity contribution >= 4 is 22.6 Å². The number of carbonyl (C=O) groups is 1. The topological polar surface area (TPSA) is 70.7 Å². The maximum atomic E-state index is 12.2. The Morgan fingerprint density at radius 1 is 1.32 bits per heavy atom. The number of hydrogen-bond donors (Lipinski definition) is 2. The van der Waals surface area contributed by atoms with Crippen molar-refractivity contribution in [2.45, 2.75) is 6.92 Å². The third-order valence-electron chi connectivity index (χ3n) is 2.79. The lowest BCUT2D eigenvalue weighted by Crippen LogP contribution is -2.15. The zero-order chi connectivity index (χ0) is 13.2. The molecule has 0 aliphatic rings. The van der Waals surface area contributed by atoms with Crippen molar-refractivity contribution in [2.75, 3.05) is 5.32 Å². The molecule has 3 heterocycles. The average Bonchev–Trinajstić information content (AvgIpc) is 2.86. The standard InChI is InChI=1S/C14H12N4O/c1-9-8-10-5-7-16-12(10)13(17-9)14(19)18-11-4-2-3-6-15-11/h2-8,16H,1H3,(H,15,18,19). The van der Waals surface area contributed by atoms with Crippen LogP contribution in [0.4, 0.5) is 5.82 Å². The van der Waals surface area contributed by atoms with E-state index in [1.807, 2.05) is 25.1 Å². The summed E-state index contributed by atoms with van der Waals surface area (Å²) >= 11 is 0. The molecule has 19 heavy (non-hydrogen) atoms. The van der Waals surface area contributed by atoms with E-state index < -0.39 is 0 Å². The molecule has 94 valence electrons. The fraction of sp³-hybridized carbons (Fsp3) is 0.0714. The normalized spacial score (nSPS) is 10.6. The summed E-state index contributed by atoms with van der Waals surface area (Å²) in [5, 5.41) is 3.71. The smallest absolute Gasteiger partial charge is 0.277 e. The number of amides is 1. The largest absolute Gasteiger partial charge is 0.359 e. The van der Waals surface area contributed by atoms with Gasteiger partial charge in [0.2, 0.25) is 0 Å². The van der Waals surface area contributed by atoms with Crippen LogP contribution in [0.2, 0.25) is 0 Å². The van der Waals surface area contributed by atoms with Crippen LogP contribution in [0, 0.1) is 6.92 Å². The first-order valence-electron chi connectivity index (χ1n) is 5.91. The van der Waals surface area contributed by atoms with Crippen LogP contribution in [0.3, 0.4) is 0 Å². The maximum absolute atomic E-state index is 12.2. The van der Waals surface area contributed by atoms with Gasteiger partial charge in [0, 0.05) is 23.5 Å². The molecular weight excluding hydrogens is 240 g/mol. The lowest BCUT2D eigenvalue weighted by molar-refractivity contribution is 0.102. The second-order valence-corrected chi connectivity index (χ2v) is 4.22. The van der Waals surface area contributed by atoms with E-state index in [0.29, 0.717) is 11.5 Å². The molecule has 1 amide bonds. The highest BCUT2D eigenvalue weighted by Crippen LogP contribution is 2.17. The zero-order valence-corrected chi connectivity index (χ0v) is 10.3. The van der Waals surface area contributed by atoms with Gasteiger partial charge in [-0.15, -0.1) is 0 Å². The Kier molecular flexibility index (Phi) is 2.72. The quantitative estimate of drug-likeness (QED) is 0.736. The van der Waals surface area contributed by atoms with Crippen molar-refractivity contribution in [3.05, 3.63) is 54.1 Å². The van der Waals surface area contributed by atoms with E-state index in [1.54, 1.807) is 24.5 Å². The fourth-order valence-corrected chi connectivity index (χ4v) is 1.97. The van der Waals surface area contributed by atoms with E-state index in [-0.39, 0.29) is 5.91 Å². The summed E-state index contributed by atoms with van der Waals surface area (Å²) in [6, 6.07) is 9.20. The molecule has 0 aliphatic heterocycles. The lowest BCUT2D eigenvalue weighted by atomic mass is 10.2. The molecule has 0 spiro atoms. The number of aromatic amines is 1. The van der Waals surface area contributed by atoms with Gasteiger partial charge in [-0.3, -0.25) is 4.79 Å². The number of H-pyrrole nitrogens is 1. The highest BCUT2D eigenvalue weighted by Gasteiger charge is 2.14. The summed E-state index contributed by atoms with van der Waals surface area (Å²) < 4.78 is 0. The van der Waals surface area contributed by atoms with Gasteiger partial charge in [-0.2, -0.15) is 0 Å². The monoisotopic (exact) mass is 252 g/mol. The molecule has 2 N–H and O–H groups in total. The molecular formula is C14H12N4O. The third-order valence-corrected chi connectivity index (χ3v) is 2.79. The van der Waals surface area contributed by atoms with Crippen LogP contribution in [0.25, 0.3) is 10.9 Å². The van der Waals surface area contributed by atoms with Crippen LogP contribution in [0.1, 0.15) is 16.2 Å². The molecule has 0 saturated carbocycles. The number of aromatic nitrogens is 3. The average molecular weight is 252 g/mol. The molecule has 0 aromatic carbocycles. The minimum Gasteiger partial charge on any atom is -0.359 e. The first-order valence-corrected chi connectivity index (χ1v) is 5.91. The molecule has 3 aromatic heterocycles. The van der Waals surface area contributed by atoms with E-state index >= 15 is 0 Å². The van der Waals surface area contributed by atoms with Crippen molar-refractivity contribution in [3.8, 4) is 0 Å². The van der Waals surface area contributed by atoms with Gasteiger partial charge >= 0.3 is 0 Å². The van der Waals surface area contributed by atoms with Crippen LogP contribution >= 0.6 is 0 Å². The Bertz CT molecular complexity index is 734. The van der Waals surface area contributed by atoms with Crippen molar-refractivity contribution in [1.29, 1.82) is 0 Å². The number of anilines is 1. The van der Waals surface area contributed by atoms with E-state index in [1.165, 1.54) is 0 Å². The third kappa shape index (κ3) is 2.18. The van der Waals surface area contributed by atoms with Crippen LogP contribution < -0.4 is 5.32 Å². The van der Waals surface area contributed by atoms with E-state index in [9.17, 15) is 4.79 Å². The summed E-state index contributed by atoms with van der Waals surface area (Å²) in [5.41, 5.74) is 1.92. The van der Waals surface area contributed by atoms with Gasteiger partial charge in [0.05, 0.1) is 5.52 Å². The molecule has 0 aliphatic carbocycles. The minimum absolute atomic E-state index is 0.269. The Hall–Kier alpha value is -2.69. The SMILES string of the molecule is Cc1cc2cc[nH]c2c(C(=O)Nc2ccccn2)n1. The number of aryl methyl sites for hydroxylation is 1. The van der Waals surface area contributed by atoms with Gasteiger partial charge in [-0.05, 0) is 31.2 Å². The second-order valence-electron chi connectivity index (χ2n) is 4.22. The molecule has 0 saturated heterocycles. The maximum Gasteiger partial charge on any atom is 0.277 e. The molecule has 0 radical (unpaired) electrons. The van der Waals surface area contributed by atoms with Gasteiger partial charge in [-0.1, -0.05) is 6.07 Å². The van der Waals surface area contributed by atoms with Crippen LogP contribution in [0.15, 0.2) is 42.7 Å². The molecule has 0 unspecified atom stereocenters. The number of fused-ring (bicyclic) bond motifs is 1. The minimum atomic E-state index is -0.269. The van der Waals surface area contributed by atoms with Crippen molar-refractivity contribution < 1.29 is 4.79 Å². The van der Waals surface area contributed by atoms with Gasteiger partial charge in [-0.25, -0.2) is 9.97 Å². The zero-order valence-electron chi connectivity index (χ0n) is 10.3. The first kappa shape index (κ1) is 11.4. The fourth-order valence-electron chi connectivity index (χ4n) is 1.97. The Balaban J connectivity index is 2.00. The summed E-state index contributed by atoms with van der Waals surface area (Å²) in [5.74, 6) is 0.241. The number of nitrogens with one attached hydrogen (secondary N) is 2. The van der Waals surface area contributed by atoms with Crippen LogP contribution in [0.5, 0.6) is 0 Å². The predicted molar refractivity (Wildman–Crippen MR) is 73.0 cm³/mol. The van der Waals surface area contributed by atoms with Crippen molar-refractivity contribution in [2.24, 2.45) is 0 Å². The van der Waals surface area contributed by atoms with Crippen molar-refractivity contribution in [3.63, 3.8) is 0 Å². The Morgan fingerprint density at radius 3 is 3.00 bits per heavy atom. The second kappa shape index (κ2) is 4.53. The van der Waals surface area contributed by atoms with Gasteiger partial charge in [0.25, 0.3) is 5.91 Å². The molecule has 3 rings (SSSR count). The summed E-state index contributed by atoms with van der Waals surface area (Å²) in [6.45, 7) is 1.87. The van der Waals surface area contributed by atoms with E-state index in [0.717, 1.165) is 16.6 Å². The van der Waals surface area contributed by atoms with Gasteiger partial charge in [0.1, 0.15) is 5.82 Å². The van der Waals surface area contributed by atoms with E-state index in [2.05, 4.69) is 20.3 Å².